The van der Waals surface area contributed by atoms with Crippen LogP contribution in [-0.2, 0) is 0 Å². The second kappa shape index (κ2) is 8.62. The number of rotatable bonds is 3. The van der Waals surface area contributed by atoms with Gasteiger partial charge in [0.1, 0.15) is 0 Å². The monoisotopic (exact) mass is 459 g/mol. The van der Waals surface area contributed by atoms with E-state index in [2.05, 4.69) is 114 Å². The van der Waals surface area contributed by atoms with E-state index in [1.165, 1.54) is 59.8 Å². The van der Waals surface area contributed by atoms with Gasteiger partial charge in [-0.1, -0.05) is 103 Å². The van der Waals surface area contributed by atoms with Crippen LogP contribution in [0.1, 0.15) is 12.8 Å². The normalized spacial score (nSPS) is 12.7. The lowest BCUT2D eigenvalue weighted by atomic mass is 9.85. The molecule has 0 radical (unpaired) electrons. The first-order chi connectivity index (χ1) is 17.9. The molecule has 0 saturated heterocycles. The third kappa shape index (κ3) is 3.44. The molecule has 1 aliphatic rings. The largest absolute Gasteiger partial charge is 0.264 e. The Bertz CT molecular complexity index is 1860. The average Bonchev–Trinajstić information content (AvgIpc) is 2.96. The molecule has 0 N–H and O–H groups in total. The number of nitrogens with zero attached hydrogens (tertiary/aromatic N) is 1. The molecule has 1 heterocycles. The minimum Gasteiger partial charge on any atom is -0.264 e. The van der Waals surface area contributed by atoms with Crippen LogP contribution in [0.15, 0.2) is 116 Å². The SMILES string of the molecule is C1=c2c(-c3ccc(-c4cccnc4)cc3)c3ccccc3c(-c3ccc4ccccc4c3)c2=CCC1. The molecule has 0 bridgehead atoms. The number of aromatic nitrogens is 1. The van der Waals surface area contributed by atoms with E-state index in [-0.39, 0.29) is 0 Å². The van der Waals surface area contributed by atoms with Crippen LogP contribution >= 0.6 is 0 Å². The Labute approximate surface area is 210 Å². The third-order valence-electron chi connectivity index (χ3n) is 7.36. The quantitative estimate of drug-likeness (QED) is 0.264. The first-order valence-electron chi connectivity index (χ1n) is 12.6. The molecule has 0 amide bonds. The molecule has 1 aromatic heterocycles. The summed E-state index contributed by atoms with van der Waals surface area (Å²) in [6.07, 6.45) is 10.8. The van der Waals surface area contributed by atoms with E-state index in [9.17, 15) is 0 Å². The Hall–Kier alpha value is -4.49. The zero-order chi connectivity index (χ0) is 23.9. The van der Waals surface area contributed by atoms with Crippen LogP contribution in [0.25, 0.3) is 67.1 Å². The molecule has 1 nitrogen and oxygen atoms in total. The molecule has 0 fully saturated rings. The minimum atomic E-state index is 1.07. The molecule has 0 unspecified atom stereocenters. The first kappa shape index (κ1) is 20.8. The van der Waals surface area contributed by atoms with Crippen LogP contribution in [0.3, 0.4) is 0 Å². The Morgan fingerprint density at radius 3 is 1.78 bits per heavy atom. The fourth-order valence-electron chi connectivity index (χ4n) is 5.69. The molecule has 0 atom stereocenters. The van der Waals surface area contributed by atoms with Gasteiger partial charge in [0.05, 0.1) is 0 Å². The highest BCUT2D eigenvalue weighted by Crippen LogP contribution is 2.34. The van der Waals surface area contributed by atoms with E-state index in [0.29, 0.717) is 0 Å². The van der Waals surface area contributed by atoms with Gasteiger partial charge in [0.15, 0.2) is 0 Å². The number of hydrogen-bond acceptors (Lipinski definition) is 1. The Morgan fingerprint density at radius 1 is 0.472 bits per heavy atom. The van der Waals surface area contributed by atoms with Crippen molar-refractivity contribution in [2.75, 3.05) is 0 Å². The molecule has 0 saturated carbocycles. The van der Waals surface area contributed by atoms with Gasteiger partial charge in [-0.2, -0.15) is 0 Å². The second-order valence-electron chi connectivity index (χ2n) is 9.49. The van der Waals surface area contributed by atoms with E-state index >= 15 is 0 Å². The lowest BCUT2D eigenvalue weighted by Gasteiger charge is -2.18. The molecule has 6 aromatic rings. The van der Waals surface area contributed by atoms with Gasteiger partial charge in [0.25, 0.3) is 0 Å². The summed E-state index contributed by atoms with van der Waals surface area (Å²) in [5.41, 5.74) is 7.55. The van der Waals surface area contributed by atoms with Gasteiger partial charge in [-0.25, -0.2) is 0 Å². The van der Waals surface area contributed by atoms with Gasteiger partial charge in [-0.05, 0) is 90.3 Å². The Kier molecular flexibility index (Phi) is 4.99. The van der Waals surface area contributed by atoms with Crippen molar-refractivity contribution >= 4 is 33.7 Å². The Balaban J connectivity index is 1.50. The fraction of sp³-hybridized carbons (Fsp3) is 0.0571. The van der Waals surface area contributed by atoms with Crippen molar-refractivity contribution in [1.29, 1.82) is 0 Å². The summed E-state index contributed by atoms with van der Waals surface area (Å²) < 4.78 is 0. The molecular weight excluding hydrogens is 434 g/mol. The molecule has 0 aliphatic heterocycles. The highest BCUT2D eigenvalue weighted by Gasteiger charge is 2.16. The third-order valence-corrected chi connectivity index (χ3v) is 7.36. The van der Waals surface area contributed by atoms with Crippen LogP contribution in [0, 0.1) is 0 Å². The molecule has 170 valence electrons. The summed E-state index contributed by atoms with van der Waals surface area (Å²) in [5.74, 6) is 0. The van der Waals surface area contributed by atoms with Crippen molar-refractivity contribution < 1.29 is 0 Å². The number of pyridine rings is 1. The summed E-state index contributed by atoms with van der Waals surface area (Å²) >= 11 is 0. The summed E-state index contributed by atoms with van der Waals surface area (Å²) in [6, 6.07) is 37.5. The molecule has 5 aromatic carbocycles. The second-order valence-corrected chi connectivity index (χ2v) is 9.49. The van der Waals surface area contributed by atoms with Gasteiger partial charge in [0, 0.05) is 12.4 Å². The molecule has 36 heavy (non-hydrogen) atoms. The zero-order valence-corrected chi connectivity index (χ0v) is 20.0. The minimum absolute atomic E-state index is 1.07. The van der Waals surface area contributed by atoms with Crippen LogP contribution < -0.4 is 10.4 Å². The molecule has 1 aliphatic carbocycles. The van der Waals surface area contributed by atoms with E-state index < -0.39 is 0 Å². The zero-order valence-electron chi connectivity index (χ0n) is 20.0. The molecule has 0 spiro atoms. The number of benzene rings is 5. The summed E-state index contributed by atoms with van der Waals surface area (Å²) in [7, 11) is 0. The summed E-state index contributed by atoms with van der Waals surface area (Å²) in [5, 5.41) is 7.89. The van der Waals surface area contributed by atoms with Crippen molar-refractivity contribution in [3.05, 3.63) is 126 Å². The van der Waals surface area contributed by atoms with Crippen LogP contribution in [0.4, 0.5) is 0 Å². The van der Waals surface area contributed by atoms with Crippen LogP contribution in [0.2, 0.25) is 0 Å². The number of hydrogen-bond donors (Lipinski definition) is 0. The summed E-state index contributed by atoms with van der Waals surface area (Å²) in [4.78, 5) is 4.29. The predicted molar refractivity (Wildman–Crippen MR) is 153 cm³/mol. The van der Waals surface area contributed by atoms with Crippen molar-refractivity contribution in [3.8, 4) is 33.4 Å². The Morgan fingerprint density at radius 2 is 1.08 bits per heavy atom. The van der Waals surface area contributed by atoms with Gasteiger partial charge >= 0.3 is 0 Å². The van der Waals surface area contributed by atoms with Crippen LogP contribution in [0.5, 0.6) is 0 Å². The number of fused-ring (bicyclic) bond motifs is 3. The van der Waals surface area contributed by atoms with Crippen molar-refractivity contribution in [2.45, 2.75) is 12.8 Å². The molecule has 1 heteroatoms. The lowest BCUT2D eigenvalue weighted by Crippen LogP contribution is -2.31. The smallest absolute Gasteiger partial charge is 0.0346 e. The maximum Gasteiger partial charge on any atom is 0.0346 e. The maximum atomic E-state index is 4.29. The van der Waals surface area contributed by atoms with E-state index in [1.807, 2.05) is 18.5 Å². The van der Waals surface area contributed by atoms with Crippen molar-refractivity contribution in [1.82, 2.24) is 4.98 Å². The topological polar surface area (TPSA) is 12.9 Å². The molecule has 7 rings (SSSR count). The first-order valence-corrected chi connectivity index (χ1v) is 12.6. The maximum absolute atomic E-state index is 4.29. The van der Waals surface area contributed by atoms with Gasteiger partial charge in [-0.15, -0.1) is 0 Å². The summed E-state index contributed by atoms with van der Waals surface area (Å²) in [6.45, 7) is 0. The van der Waals surface area contributed by atoms with E-state index in [1.54, 1.807) is 0 Å². The highest BCUT2D eigenvalue weighted by atomic mass is 14.6. The molecular formula is C35H25N. The lowest BCUT2D eigenvalue weighted by molar-refractivity contribution is 1.12. The highest BCUT2D eigenvalue weighted by molar-refractivity contribution is 6.06. The van der Waals surface area contributed by atoms with Crippen LogP contribution in [-0.4, -0.2) is 4.98 Å². The van der Waals surface area contributed by atoms with Crippen molar-refractivity contribution in [3.63, 3.8) is 0 Å². The standard InChI is InChI=1S/C35H25N/c1-2-9-27-22-28(20-17-24(27)8-1)35-32-13-5-3-11-30(32)34(31-12-4-6-14-33(31)35)26-18-15-25(16-19-26)29-10-7-21-36-23-29/h1-3,5,7-23H,4,6H2. The average molecular weight is 460 g/mol. The van der Waals surface area contributed by atoms with Gasteiger partial charge in [-0.3, -0.25) is 4.98 Å². The fourth-order valence-corrected chi connectivity index (χ4v) is 5.69. The van der Waals surface area contributed by atoms with E-state index in [4.69, 9.17) is 0 Å². The van der Waals surface area contributed by atoms with Crippen molar-refractivity contribution in [2.24, 2.45) is 0 Å². The van der Waals surface area contributed by atoms with Gasteiger partial charge < -0.3 is 0 Å². The predicted octanol–water partition coefficient (Wildman–Crippen LogP) is 7.74. The van der Waals surface area contributed by atoms with E-state index in [0.717, 1.165) is 18.4 Å². The van der Waals surface area contributed by atoms with Gasteiger partial charge in [0.2, 0.25) is 0 Å².